The highest BCUT2D eigenvalue weighted by atomic mass is 16.5. The van der Waals surface area contributed by atoms with E-state index in [1.807, 2.05) is 24.3 Å². The summed E-state index contributed by atoms with van der Waals surface area (Å²) in [6.45, 7) is 8.98. The van der Waals surface area contributed by atoms with Crippen LogP contribution in [0.2, 0.25) is 0 Å². The van der Waals surface area contributed by atoms with Crippen LogP contribution in [0.5, 0.6) is 11.5 Å². The van der Waals surface area contributed by atoms with Crippen molar-refractivity contribution in [3.8, 4) is 11.5 Å². The van der Waals surface area contributed by atoms with E-state index in [0.717, 1.165) is 56.9 Å². The lowest BCUT2D eigenvalue weighted by Crippen LogP contribution is -2.07. The van der Waals surface area contributed by atoms with Crippen LogP contribution in [0.3, 0.4) is 0 Å². The second-order valence-electron chi connectivity index (χ2n) is 16.4. The molecule has 316 valence electrons. The van der Waals surface area contributed by atoms with Crippen molar-refractivity contribution in [3.05, 3.63) is 59.7 Å². The molecule has 0 bridgehead atoms. The summed E-state index contributed by atoms with van der Waals surface area (Å²) < 4.78 is 11.4. The first-order valence-corrected chi connectivity index (χ1v) is 23.9. The van der Waals surface area contributed by atoms with Crippen molar-refractivity contribution < 1.29 is 19.1 Å². The molecule has 0 unspecified atom stereocenters. The van der Waals surface area contributed by atoms with Crippen LogP contribution in [0.15, 0.2) is 48.5 Å². The van der Waals surface area contributed by atoms with Crippen molar-refractivity contribution in [1.82, 2.24) is 0 Å². The van der Waals surface area contributed by atoms with Crippen molar-refractivity contribution in [2.75, 3.05) is 0 Å². The van der Waals surface area contributed by atoms with Crippen molar-refractivity contribution in [3.63, 3.8) is 0 Å². The van der Waals surface area contributed by atoms with Crippen LogP contribution in [0.1, 0.15) is 244 Å². The molecule has 0 atom stereocenters. The average Bonchev–Trinajstić information content (AvgIpc) is 3.21. The third-order valence-corrected chi connectivity index (χ3v) is 11.3. The number of hydrogen-bond donors (Lipinski definition) is 0. The summed E-state index contributed by atoms with van der Waals surface area (Å²) in [5.74, 6) is 0.957. The number of benzene rings is 2. The molecule has 0 N–H and O–H groups in total. The molecule has 0 spiro atoms. The Hall–Kier alpha value is -2.88. The van der Waals surface area contributed by atoms with Gasteiger partial charge >= 0.3 is 11.9 Å². The molecular weight excluding hydrogens is 689 g/mol. The minimum absolute atomic E-state index is 0.137. The van der Waals surface area contributed by atoms with E-state index in [2.05, 4.69) is 52.0 Å². The minimum Gasteiger partial charge on any atom is -0.427 e. The van der Waals surface area contributed by atoms with E-state index in [9.17, 15) is 9.59 Å². The van der Waals surface area contributed by atoms with Gasteiger partial charge in [-0.1, -0.05) is 212 Å². The zero-order valence-electron chi connectivity index (χ0n) is 36.9. The molecule has 2 aromatic carbocycles. The highest BCUT2D eigenvalue weighted by molar-refractivity contribution is 5.91. The van der Waals surface area contributed by atoms with Gasteiger partial charge in [0.25, 0.3) is 0 Å². The van der Waals surface area contributed by atoms with Crippen LogP contribution < -0.4 is 9.47 Å². The standard InChI is InChI=1S/C52H84O4/c1-5-9-12-14-16-18-20-22-24-26-28-30-32-35-51(53)55-47-41-37-45(38-42-47)49(8-4)50(34-11-7-3)46-39-43-48(44-40-46)56-52(54)36-33-31-29-27-25-23-21-19-17-15-13-10-6-2/h37-44H,5-36H2,1-4H3/b50-49+. The highest BCUT2D eigenvalue weighted by Crippen LogP contribution is 2.34. The fourth-order valence-electron chi connectivity index (χ4n) is 7.80. The maximum Gasteiger partial charge on any atom is 0.311 e. The monoisotopic (exact) mass is 773 g/mol. The lowest BCUT2D eigenvalue weighted by Gasteiger charge is -2.16. The number of esters is 2. The molecule has 0 aliphatic rings. The first-order chi connectivity index (χ1) is 27.5. The molecule has 0 amide bonds. The molecule has 4 heteroatoms. The van der Waals surface area contributed by atoms with Gasteiger partial charge in [0, 0.05) is 12.8 Å². The van der Waals surface area contributed by atoms with Crippen molar-refractivity contribution >= 4 is 23.1 Å². The number of ether oxygens (including phenoxy) is 2. The number of carbonyl (C=O) groups excluding carboxylic acids is 2. The van der Waals surface area contributed by atoms with E-state index in [-0.39, 0.29) is 11.9 Å². The number of carbonyl (C=O) groups is 2. The zero-order valence-corrected chi connectivity index (χ0v) is 36.9. The summed E-state index contributed by atoms with van der Waals surface area (Å²) in [6.07, 6.45) is 38.7. The zero-order chi connectivity index (χ0) is 40.3. The average molecular weight is 773 g/mol. The first kappa shape index (κ1) is 49.3. The molecule has 0 saturated carbocycles. The Labute approximate surface area is 345 Å². The lowest BCUT2D eigenvalue weighted by molar-refractivity contribution is -0.135. The first-order valence-electron chi connectivity index (χ1n) is 23.9. The van der Waals surface area contributed by atoms with Gasteiger partial charge in [-0.25, -0.2) is 0 Å². The molecule has 56 heavy (non-hydrogen) atoms. The molecule has 2 rings (SSSR count). The Balaban J connectivity index is 1.74. The third-order valence-electron chi connectivity index (χ3n) is 11.3. The van der Waals surface area contributed by atoms with Gasteiger partial charge in [-0.3, -0.25) is 9.59 Å². The summed E-state index contributed by atoms with van der Waals surface area (Å²) in [6, 6.07) is 16.1. The second-order valence-corrected chi connectivity index (χ2v) is 16.4. The quantitative estimate of drug-likeness (QED) is 0.0300. The van der Waals surface area contributed by atoms with Crippen LogP contribution >= 0.6 is 0 Å². The smallest absolute Gasteiger partial charge is 0.311 e. The van der Waals surface area contributed by atoms with Gasteiger partial charge in [0.1, 0.15) is 11.5 Å². The van der Waals surface area contributed by atoms with Gasteiger partial charge in [0.05, 0.1) is 0 Å². The van der Waals surface area contributed by atoms with E-state index in [1.54, 1.807) is 0 Å². The predicted octanol–water partition coefficient (Wildman–Crippen LogP) is 17.0. The van der Waals surface area contributed by atoms with E-state index in [1.165, 1.54) is 158 Å². The number of rotatable bonds is 36. The van der Waals surface area contributed by atoms with Gasteiger partial charge in [-0.15, -0.1) is 0 Å². The molecule has 0 saturated heterocycles. The Kier molecular flexibility index (Phi) is 30.1. The summed E-state index contributed by atoms with van der Waals surface area (Å²) in [5.41, 5.74) is 4.95. The van der Waals surface area contributed by atoms with Gasteiger partial charge in [0.2, 0.25) is 0 Å². The Morgan fingerprint density at radius 3 is 0.929 bits per heavy atom. The van der Waals surface area contributed by atoms with Gasteiger partial charge in [0.15, 0.2) is 0 Å². The molecule has 0 heterocycles. The summed E-state index contributed by atoms with van der Waals surface area (Å²) in [7, 11) is 0. The van der Waals surface area contributed by atoms with Gasteiger partial charge in [-0.05, 0) is 78.6 Å². The SMILES string of the molecule is CCCCCCCCCCCCCCCC(=O)Oc1ccc(/C(CC)=C(\CCCC)c2ccc(OC(=O)CCCCCCCCCCCCCCC)cc2)cc1. The van der Waals surface area contributed by atoms with Crippen LogP contribution in [0.25, 0.3) is 11.1 Å². The van der Waals surface area contributed by atoms with Gasteiger partial charge in [-0.2, -0.15) is 0 Å². The summed E-state index contributed by atoms with van der Waals surface area (Å²) in [5, 5.41) is 0. The molecule has 0 aromatic heterocycles. The third kappa shape index (κ3) is 24.0. The largest absolute Gasteiger partial charge is 0.427 e. The fraction of sp³-hybridized carbons (Fsp3) is 0.692. The highest BCUT2D eigenvalue weighted by Gasteiger charge is 2.13. The summed E-state index contributed by atoms with van der Waals surface area (Å²) in [4.78, 5) is 25.2. The Morgan fingerprint density at radius 1 is 0.339 bits per heavy atom. The van der Waals surface area contributed by atoms with Crippen molar-refractivity contribution in [2.45, 2.75) is 233 Å². The lowest BCUT2D eigenvalue weighted by atomic mass is 9.89. The van der Waals surface area contributed by atoms with Crippen LogP contribution in [-0.4, -0.2) is 11.9 Å². The molecule has 0 fully saturated rings. The topological polar surface area (TPSA) is 52.6 Å². The minimum atomic E-state index is -0.138. The number of hydrogen-bond acceptors (Lipinski definition) is 4. The van der Waals surface area contributed by atoms with E-state index in [0.29, 0.717) is 24.3 Å². The molecule has 0 aliphatic carbocycles. The van der Waals surface area contributed by atoms with E-state index < -0.39 is 0 Å². The van der Waals surface area contributed by atoms with E-state index >= 15 is 0 Å². The predicted molar refractivity (Wildman–Crippen MR) is 241 cm³/mol. The van der Waals surface area contributed by atoms with E-state index in [4.69, 9.17) is 9.47 Å². The maximum atomic E-state index is 12.6. The molecule has 2 aromatic rings. The maximum absolute atomic E-state index is 12.6. The van der Waals surface area contributed by atoms with Gasteiger partial charge < -0.3 is 9.47 Å². The summed E-state index contributed by atoms with van der Waals surface area (Å²) >= 11 is 0. The van der Waals surface area contributed by atoms with Crippen LogP contribution in [-0.2, 0) is 9.59 Å². The Morgan fingerprint density at radius 2 is 0.625 bits per heavy atom. The van der Waals surface area contributed by atoms with Crippen molar-refractivity contribution in [2.24, 2.45) is 0 Å². The molecule has 0 aliphatic heterocycles. The number of allylic oxidation sites excluding steroid dienone is 2. The molecule has 0 radical (unpaired) electrons. The van der Waals surface area contributed by atoms with Crippen LogP contribution in [0.4, 0.5) is 0 Å². The fourth-order valence-corrected chi connectivity index (χ4v) is 7.80. The Bertz CT molecular complexity index is 1270. The normalized spacial score (nSPS) is 11.8. The van der Waals surface area contributed by atoms with Crippen LogP contribution in [0, 0.1) is 0 Å². The molecule has 4 nitrogen and oxygen atoms in total. The number of unbranched alkanes of at least 4 members (excludes halogenated alkanes) is 25. The second kappa shape index (κ2) is 34.2. The molecular formula is C52H84O4. The van der Waals surface area contributed by atoms with Crippen molar-refractivity contribution in [1.29, 1.82) is 0 Å².